The van der Waals surface area contributed by atoms with Gasteiger partial charge in [0, 0.05) is 27.1 Å². The van der Waals surface area contributed by atoms with Crippen LogP contribution in [0.2, 0.25) is 0 Å². The zero-order chi connectivity index (χ0) is 47.5. The summed E-state index contributed by atoms with van der Waals surface area (Å²) in [6.45, 7) is 9.20. The molecular formula is C68H49N3. The van der Waals surface area contributed by atoms with Gasteiger partial charge in [0.1, 0.15) is 0 Å². The van der Waals surface area contributed by atoms with Gasteiger partial charge in [0.15, 0.2) is 0 Å². The van der Waals surface area contributed by atoms with E-state index in [4.69, 9.17) is 9.97 Å². The highest BCUT2D eigenvalue weighted by molar-refractivity contribution is 6.13. The fraction of sp³-hybridized carbons (Fsp3) is 0.0882. The zero-order valence-electron chi connectivity index (χ0n) is 40.3. The van der Waals surface area contributed by atoms with Gasteiger partial charge in [-0.05, 0) is 157 Å². The second kappa shape index (κ2) is 15.7. The summed E-state index contributed by atoms with van der Waals surface area (Å²) in [5, 5.41) is 3.41. The van der Waals surface area contributed by atoms with E-state index in [1.54, 1.807) is 0 Å². The molecule has 14 rings (SSSR count). The summed E-state index contributed by atoms with van der Waals surface area (Å²) in [6.07, 6.45) is 0.914. The highest BCUT2D eigenvalue weighted by atomic mass is 15.2. The molecule has 0 N–H and O–H groups in total. The largest absolute Gasteiger partial charge is 0.278 e. The molecule has 2 aromatic heterocycles. The Morgan fingerprint density at radius 2 is 1.01 bits per heavy atom. The quantitative estimate of drug-likeness (QED) is 0.166. The molecule has 0 atom stereocenters. The Hall–Kier alpha value is -8.66. The van der Waals surface area contributed by atoms with E-state index in [1.165, 1.54) is 111 Å². The molecular weight excluding hydrogens is 859 g/mol. The first-order valence-electron chi connectivity index (χ1n) is 24.9. The molecule has 0 bridgehead atoms. The monoisotopic (exact) mass is 907 g/mol. The van der Waals surface area contributed by atoms with Crippen LogP contribution in [-0.4, -0.2) is 14.5 Å². The van der Waals surface area contributed by atoms with Crippen LogP contribution in [0.5, 0.6) is 0 Å². The van der Waals surface area contributed by atoms with E-state index in [-0.39, 0.29) is 5.41 Å². The molecule has 10 aromatic carbocycles. The van der Waals surface area contributed by atoms with Gasteiger partial charge in [-0.3, -0.25) is 4.57 Å². The van der Waals surface area contributed by atoms with Gasteiger partial charge in [0.25, 0.3) is 0 Å². The topological polar surface area (TPSA) is 30.7 Å². The van der Waals surface area contributed by atoms with Crippen LogP contribution in [0.15, 0.2) is 212 Å². The Balaban J connectivity index is 0.970. The molecule has 0 radical (unpaired) electrons. The number of para-hydroxylation sites is 1. The number of fused-ring (bicyclic) bond motifs is 10. The summed E-state index contributed by atoms with van der Waals surface area (Å²) < 4.78 is 2.32. The SMILES string of the molecule is Cc1ccccc1-c1c(C)cccc1-c1ccc2c(c1)-c1c(cccc1-c1ccc3c(c1)c1cc4c(cc1n3-c1nc(-c3ccc(-c5ccccc5)cc3)c3ccccc3n1)-c1ccccc1C4(C)C)C2. The number of aryl methyl sites for hydroxylation is 2. The first-order chi connectivity index (χ1) is 34.8. The average molecular weight is 908 g/mol. The minimum atomic E-state index is -0.164. The maximum Gasteiger partial charge on any atom is 0.235 e. The highest BCUT2D eigenvalue weighted by Crippen LogP contribution is 2.52. The normalized spacial score (nSPS) is 13.1. The summed E-state index contributed by atoms with van der Waals surface area (Å²) in [6, 6.07) is 78.2. The number of hydrogen-bond acceptors (Lipinski definition) is 2. The van der Waals surface area contributed by atoms with Gasteiger partial charge in [-0.15, -0.1) is 0 Å². The van der Waals surface area contributed by atoms with Gasteiger partial charge in [-0.1, -0.05) is 190 Å². The van der Waals surface area contributed by atoms with Crippen molar-refractivity contribution in [3.05, 3.63) is 246 Å². The molecule has 0 amide bonds. The molecule has 12 aromatic rings. The number of benzene rings is 10. The molecule has 0 aliphatic heterocycles. The van der Waals surface area contributed by atoms with Gasteiger partial charge in [-0.25, -0.2) is 9.97 Å². The summed E-state index contributed by atoms with van der Waals surface area (Å²) >= 11 is 0. The number of aromatic nitrogens is 3. The van der Waals surface area contributed by atoms with Crippen molar-refractivity contribution >= 4 is 32.7 Å². The molecule has 0 spiro atoms. The first-order valence-corrected chi connectivity index (χ1v) is 24.9. The van der Waals surface area contributed by atoms with Crippen molar-refractivity contribution < 1.29 is 0 Å². The van der Waals surface area contributed by atoms with Crippen LogP contribution < -0.4 is 0 Å². The second-order valence-electron chi connectivity index (χ2n) is 20.2. The van der Waals surface area contributed by atoms with Crippen LogP contribution in [0, 0.1) is 13.8 Å². The van der Waals surface area contributed by atoms with E-state index in [9.17, 15) is 0 Å². The fourth-order valence-electron chi connectivity index (χ4n) is 12.2. The van der Waals surface area contributed by atoms with Crippen LogP contribution in [0.4, 0.5) is 0 Å². The molecule has 336 valence electrons. The van der Waals surface area contributed by atoms with Crippen LogP contribution in [0.25, 0.3) is 117 Å². The summed E-state index contributed by atoms with van der Waals surface area (Å²) in [7, 11) is 0. The van der Waals surface area contributed by atoms with Crippen molar-refractivity contribution in [2.45, 2.75) is 39.5 Å². The molecule has 71 heavy (non-hydrogen) atoms. The standard InChI is InChI=1S/C68H49N3/c1-41-16-8-9-21-50(41)64-42(2)17-14-24-51(64)47-33-32-46-36-49-20-15-25-52(65(49)55(46)37-47)48-34-35-62-57(38-48)58-39-60-56(53-22-10-12-26-59(53)68(60,3)4)40-63(58)71(62)67-69-61-27-13-11-23-54(61)66(70-67)45-30-28-44(29-31-45)43-18-6-5-7-19-43/h5-35,37-40H,36H2,1-4H3. The smallest absolute Gasteiger partial charge is 0.235 e. The van der Waals surface area contributed by atoms with Gasteiger partial charge >= 0.3 is 0 Å². The van der Waals surface area contributed by atoms with Crippen molar-refractivity contribution in [3.8, 4) is 84.0 Å². The summed E-state index contributed by atoms with van der Waals surface area (Å²) in [4.78, 5) is 11.0. The zero-order valence-corrected chi connectivity index (χ0v) is 40.3. The second-order valence-corrected chi connectivity index (χ2v) is 20.2. The van der Waals surface area contributed by atoms with Crippen LogP contribution in [-0.2, 0) is 11.8 Å². The third kappa shape index (κ3) is 6.36. The average Bonchev–Trinajstić information content (AvgIpc) is 4.03. The van der Waals surface area contributed by atoms with Crippen molar-refractivity contribution in [1.29, 1.82) is 0 Å². The van der Waals surface area contributed by atoms with Crippen molar-refractivity contribution in [1.82, 2.24) is 14.5 Å². The third-order valence-corrected chi connectivity index (χ3v) is 15.7. The first kappa shape index (κ1) is 41.3. The molecule has 3 heteroatoms. The Morgan fingerprint density at radius 1 is 0.380 bits per heavy atom. The third-order valence-electron chi connectivity index (χ3n) is 15.7. The van der Waals surface area contributed by atoms with Crippen molar-refractivity contribution in [3.63, 3.8) is 0 Å². The van der Waals surface area contributed by atoms with Gasteiger partial charge in [0.2, 0.25) is 5.95 Å². The van der Waals surface area contributed by atoms with Gasteiger partial charge in [-0.2, -0.15) is 0 Å². The number of rotatable bonds is 6. The lowest BCUT2D eigenvalue weighted by Gasteiger charge is -2.21. The van der Waals surface area contributed by atoms with Gasteiger partial charge in [0.05, 0.1) is 22.2 Å². The number of nitrogens with zero attached hydrogens (tertiary/aromatic N) is 3. The van der Waals surface area contributed by atoms with E-state index in [0.29, 0.717) is 5.95 Å². The predicted octanol–water partition coefficient (Wildman–Crippen LogP) is 17.6. The molecule has 2 heterocycles. The van der Waals surface area contributed by atoms with Crippen LogP contribution in [0.3, 0.4) is 0 Å². The highest BCUT2D eigenvalue weighted by Gasteiger charge is 2.36. The lowest BCUT2D eigenvalue weighted by molar-refractivity contribution is 0.661. The van der Waals surface area contributed by atoms with Crippen molar-refractivity contribution in [2.75, 3.05) is 0 Å². The minimum absolute atomic E-state index is 0.164. The maximum absolute atomic E-state index is 5.56. The molecule has 2 aliphatic carbocycles. The van der Waals surface area contributed by atoms with Crippen LogP contribution in [0.1, 0.15) is 47.2 Å². The lowest BCUT2D eigenvalue weighted by atomic mass is 9.82. The van der Waals surface area contributed by atoms with E-state index in [0.717, 1.165) is 39.6 Å². The predicted molar refractivity (Wildman–Crippen MR) is 296 cm³/mol. The van der Waals surface area contributed by atoms with E-state index in [1.807, 2.05) is 0 Å². The molecule has 3 nitrogen and oxygen atoms in total. The molecule has 2 aliphatic rings. The molecule has 0 saturated heterocycles. The Labute approximate surface area is 414 Å². The van der Waals surface area contributed by atoms with Gasteiger partial charge < -0.3 is 0 Å². The van der Waals surface area contributed by atoms with E-state index >= 15 is 0 Å². The Kier molecular flexibility index (Phi) is 9.13. The summed E-state index contributed by atoms with van der Waals surface area (Å²) in [5.74, 6) is 0.660. The Bertz CT molecular complexity index is 4170. The van der Waals surface area contributed by atoms with E-state index < -0.39 is 0 Å². The van der Waals surface area contributed by atoms with E-state index in [2.05, 4.69) is 245 Å². The Morgan fingerprint density at radius 3 is 1.86 bits per heavy atom. The number of hydrogen-bond donors (Lipinski definition) is 0. The molecule has 0 unspecified atom stereocenters. The molecule has 0 fully saturated rings. The van der Waals surface area contributed by atoms with Crippen molar-refractivity contribution in [2.24, 2.45) is 0 Å². The molecule has 0 saturated carbocycles. The fourth-order valence-corrected chi connectivity index (χ4v) is 12.2. The minimum Gasteiger partial charge on any atom is -0.278 e. The maximum atomic E-state index is 5.56. The lowest BCUT2D eigenvalue weighted by Crippen LogP contribution is -2.14. The van der Waals surface area contributed by atoms with Crippen LogP contribution >= 0.6 is 0 Å². The summed E-state index contributed by atoms with van der Waals surface area (Å²) in [5.41, 5.74) is 28.0.